The topological polar surface area (TPSA) is 29.6 Å². The van der Waals surface area contributed by atoms with Crippen LogP contribution in [0.1, 0.15) is 58.3 Å². The van der Waals surface area contributed by atoms with Gasteiger partial charge in [0.05, 0.1) is 0 Å². The van der Waals surface area contributed by atoms with Gasteiger partial charge in [0.1, 0.15) is 0 Å². The van der Waals surface area contributed by atoms with Crippen molar-refractivity contribution in [3.8, 4) is 0 Å². The fraction of sp³-hybridized carbons (Fsp3) is 0.750. The van der Waals surface area contributed by atoms with Crippen LogP contribution in [0.25, 0.3) is 0 Å². The Labute approximate surface area is 86.3 Å². The first-order valence-electron chi connectivity index (χ1n) is 5.77. The van der Waals surface area contributed by atoms with E-state index in [9.17, 15) is 4.79 Å². The van der Waals surface area contributed by atoms with E-state index >= 15 is 0 Å². The molecule has 1 aliphatic rings. The molecule has 14 heavy (non-hydrogen) atoms. The van der Waals surface area contributed by atoms with Crippen LogP contribution in [0.5, 0.6) is 0 Å². The van der Waals surface area contributed by atoms with Gasteiger partial charge in [-0.15, -0.1) is 0 Å². The van der Waals surface area contributed by atoms with E-state index in [2.05, 4.69) is 11.7 Å². The van der Waals surface area contributed by atoms with Crippen LogP contribution < -0.4 is 0 Å². The minimum Gasteiger partial charge on any atom is -0.413 e. The number of hydrogen-bond donors (Lipinski definition) is 0. The van der Waals surface area contributed by atoms with E-state index < -0.39 is 0 Å². The molecule has 0 atom stereocenters. The van der Waals surface area contributed by atoms with Crippen LogP contribution in [-0.4, -0.2) is 5.97 Å². The molecule has 1 rings (SSSR count). The van der Waals surface area contributed by atoms with Crippen LogP contribution in [0.2, 0.25) is 0 Å². The highest BCUT2D eigenvalue weighted by molar-refractivity contribution is 6.00. The number of ether oxygens (including phenoxy) is 1. The van der Waals surface area contributed by atoms with Gasteiger partial charge in [-0.25, -0.2) is 4.79 Å². The lowest BCUT2D eigenvalue weighted by Crippen LogP contribution is -1.78. The molecular weight excluding hydrogens is 176 g/mol. The molecule has 0 spiro atoms. The molecule has 0 radical (unpaired) electrons. The maximum Gasteiger partial charge on any atom is 0.379 e. The fourth-order valence-corrected chi connectivity index (χ4v) is 1.53. The number of unbranched alkanes of at least 4 members (excludes halogenated alkanes) is 7. The molecule has 1 saturated heterocycles. The summed E-state index contributed by atoms with van der Waals surface area (Å²) in [7, 11) is 0. The van der Waals surface area contributed by atoms with Crippen LogP contribution in [0, 0.1) is 0 Å². The third-order valence-corrected chi connectivity index (χ3v) is 2.50. The van der Waals surface area contributed by atoms with Gasteiger partial charge in [-0.2, -0.15) is 0 Å². The van der Waals surface area contributed by atoms with Gasteiger partial charge in [-0.3, -0.25) is 0 Å². The second kappa shape index (κ2) is 6.63. The summed E-state index contributed by atoms with van der Waals surface area (Å²) in [6.07, 6.45) is 12.1. The number of carbonyl (C=O) groups excluding carboxylic acids is 1. The number of hydrogen-bond acceptors (Lipinski definition) is 2. The van der Waals surface area contributed by atoms with Gasteiger partial charge < -0.3 is 4.74 Å². The van der Waals surface area contributed by atoms with Gasteiger partial charge in [-0.05, 0) is 18.9 Å². The summed E-state index contributed by atoms with van der Waals surface area (Å²) >= 11 is 0. The molecule has 0 aromatic carbocycles. The molecule has 1 heterocycles. The Morgan fingerprint density at radius 3 is 2.21 bits per heavy atom. The number of epoxide rings is 1. The third-order valence-electron chi connectivity index (χ3n) is 2.50. The summed E-state index contributed by atoms with van der Waals surface area (Å²) in [6, 6.07) is 0. The first kappa shape index (κ1) is 11.3. The third kappa shape index (κ3) is 5.05. The Balaban J connectivity index is 1.78. The lowest BCUT2D eigenvalue weighted by atomic mass is 10.1. The number of carbonyl (C=O) groups is 1. The molecule has 1 aliphatic heterocycles. The Morgan fingerprint density at radius 1 is 1.07 bits per heavy atom. The van der Waals surface area contributed by atoms with Gasteiger partial charge in [0.2, 0.25) is 5.76 Å². The van der Waals surface area contributed by atoms with E-state index in [4.69, 9.17) is 0 Å². The maximum atomic E-state index is 10.4. The summed E-state index contributed by atoms with van der Waals surface area (Å²) in [6.45, 7) is 2.23. The van der Waals surface area contributed by atoms with Crippen molar-refractivity contribution in [3.63, 3.8) is 0 Å². The largest absolute Gasteiger partial charge is 0.413 e. The molecule has 0 aromatic heterocycles. The Kier molecular flexibility index (Phi) is 5.35. The average molecular weight is 196 g/mol. The van der Waals surface area contributed by atoms with Crippen LogP contribution in [0.3, 0.4) is 0 Å². The van der Waals surface area contributed by atoms with Gasteiger partial charge in [0, 0.05) is 0 Å². The quantitative estimate of drug-likeness (QED) is 0.337. The van der Waals surface area contributed by atoms with E-state index in [1.807, 2.05) is 6.08 Å². The van der Waals surface area contributed by atoms with Crippen LogP contribution in [-0.2, 0) is 9.53 Å². The van der Waals surface area contributed by atoms with Crippen LogP contribution in [0.4, 0.5) is 0 Å². The molecular formula is C12H20O2. The van der Waals surface area contributed by atoms with E-state index in [0.717, 1.165) is 6.42 Å². The molecule has 0 aliphatic carbocycles. The maximum absolute atomic E-state index is 10.4. The number of cyclic esters (lactones) is 1. The molecule has 80 valence electrons. The summed E-state index contributed by atoms with van der Waals surface area (Å²) in [5, 5.41) is 0. The van der Waals surface area contributed by atoms with Crippen molar-refractivity contribution >= 4 is 5.97 Å². The molecule has 0 bridgehead atoms. The molecule has 0 saturated carbocycles. The average Bonchev–Trinajstić information content (AvgIpc) is 2.87. The highest BCUT2D eigenvalue weighted by Crippen LogP contribution is 2.18. The first-order valence-corrected chi connectivity index (χ1v) is 5.77. The zero-order valence-corrected chi connectivity index (χ0v) is 9.05. The molecule has 0 amide bonds. The Bertz CT molecular complexity index is 206. The van der Waals surface area contributed by atoms with Gasteiger partial charge in [0.15, 0.2) is 0 Å². The molecule has 2 heteroatoms. The monoisotopic (exact) mass is 196 g/mol. The van der Waals surface area contributed by atoms with Gasteiger partial charge >= 0.3 is 5.97 Å². The van der Waals surface area contributed by atoms with Crippen molar-refractivity contribution in [2.24, 2.45) is 0 Å². The van der Waals surface area contributed by atoms with Crippen molar-refractivity contribution in [3.05, 3.63) is 11.8 Å². The zero-order chi connectivity index (χ0) is 10.2. The standard InChI is InChI=1S/C12H20O2/c1-2-3-4-5-6-7-8-9-10-11-12(13)14-11/h10H,2-9H2,1H3. The van der Waals surface area contributed by atoms with Crippen molar-refractivity contribution < 1.29 is 9.53 Å². The zero-order valence-electron chi connectivity index (χ0n) is 9.05. The van der Waals surface area contributed by atoms with E-state index in [-0.39, 0.29) is 5.97 Å². The highest BCUT2D eigenvalue weighted by Gasteiger charge is 2.28. The summed E-state index contributed by atoms with van der Waals surface area (Å²) < 4.78 is 4.60. The second-order valence-electron chi connectivity index (χ2n) is 3.87. The summed E-state index contributed by atoms with van der Waals surface area (Å²) in [5.74, 6) is 0.448. The van der Waals surface area contributed by atoms with E-state index in [0.29, 0.717) is 5.76 Å². The van der Waals surface area contributed by atoms with Crippen molar-refractivity contribution in [1.29, 1.82) is 0 Å². The van der Waals surface area contributed by atoms with Crippen molar-refractivity contribution in [2.75, 3.05) is 0 Å². The minimum atomic E-state index is -0.132. The SMILES string of the molecule is CCCCCCCCCC=C1OC1=O. The highest BCUT2D eigenvalue weighted by atomic mass is 16.6. The second-order valence-corrected chi connectivity index (χ2v) is 3.87. The summed E-state index contributed by atoms with van der Waals surface area (Å²) in [4.78, 5) is 10.4. The Hall–Kier alpha value is -0.790. The van der Waals surface area contributed by atoms with Gasteiger partial charge in [0.25, 0.3) is 0 Å². The van der Waals surface area contributed by atoms with Crippen molar-refractivity contribution in [2.45, 2.75) is 58.3 Å². The molecule has 0 aromatic rings. The van der Waals surface area contributed by atoms with Crippen molar-refractivity contribution in [1.82, 2.24) is 0 Å². The Morgan fingerprint density at radius 2 is 1.64 bits per heavy atom. The molecule has 0 unspecified atom stereocenters. The number of allylic oxidation sites excluding steroid dienone is 1. The fourth-order valence-electron chi connectivity index (χ4n) is 1.53. The van der Waals surface area contributed by atoms with Crippen LogP contribution in [0.15, 0.2) is 11.8 Å². The summed E-state index contributed by atoms with van der Waals surface area (Å²) in [5.41, 5.74) is 0. The minimum absolute atomic E-state index is 0.132. The lowest BCUT2D eigenvalue weighted by molar-refractivity contribution is -0.117. The van der Waals surface area contributed by atoms with E-state index in [1.54, 1.807) is 0 Å². The predicted octanol–water partition coefficient (Wildman–Crippen LogP) is 3.57. The lowest BCUT2D eigenvalue weighted by Gasteiger charge is -1.98. The molecule has 0 N–H and O–H groups in total. The number of rotatable bonds is 8. The van der Waals surface area contributed by atoms with Gasteiger partial charge in [-0.1, -0.05) is 45.4 Å². The van der Waals surface area contributed by atoms with E-state index in [1.165, 1.54) is 44.9 Å². The normalized spacial score (nSPS) is 17.2. The molecule has 1 fully saturated rings. The molecule has 2 nitrogen and oxygen atoms in total. The van der Waals surface area contributed by atoms with Crippen LogP contribution >= 0.6 is 0 Å². The first-order chi connectivity index (χ1) is 6.84. The predicted molar refractivity (Wildman–Crippen MR) is 56.8 cm³/mol. The smallest absolute Gasteiger partial charge is 0.379 e.